The molecule has 0 heterocycles. The van der Waals surface area contributed by atoms with Gasteiger partial charge in [-0.15, -0.1) is 0 Å². The molecule has 0 N–H and O–H groups in total. The zero-order valence-electron chi connectivity index (χ0n) is 6.71. The zero-order chi connectivity index (χ0) is 8.10. The van der Waals surface area contributed by atoms with E-state index < -0.39 is 0 Å². The van der Waals surface area contributed by atoms with Crippen molar-refractivity contribution in [3.05, 3.63) is 36.4 Å². The zero-order valence-corrected chi connectivity index (χ0v) is 5.71. The number of benzene rings is 1. The van der Waals surface area contributed by atoms with Gasteiger partial charge in [0.1, 0.15) is 5.75 Å². The summed E-state index contributed by atoms with van der Waals surface area (Å²) in [6.07, 6.45) is 1.77. The Morgan fingerprint density at radius 3 is 2.70 bits per heavy atom. The van der Waals surface area contributed by atoms with Crippen LogP contribution in [0.3, 0.4) is 0 Å². The fourth-order valence-electron chi connectivity index (χ4n) is 0.700. The molecule has 1 rings (SSSR count). The molecule has 0 atom stereocenters. The van der Waals surface area contributed by atoms with Crippen LogP contribution in [0, 0.1) is 0 Å². The Kier molecular flexibility index (Phi) is 1.70. The van der Waals surface area contributed by atoms with Crippen LogP contribution < -0.4 is 4.74 Å². The van der Waals surface area contributed by atoms with Gasteiger partial charge in [0.2, 0.25) is 0 Å². The molecule has 0 saturated heterocycles. The van der Waals surface area contributed by atoms with Crippen LogP contribution in [0.4, 0.5) is 0 Å². The van der Waals surface area contributed by atoms with Crippen molar-refractivity contribution in [2.75, 3.05) is 7.09 Å². The van der Waals surface area contributed by atoms with Gasteiger partial charge in [-0.2, -0.15) is 0 Å². The summed E-state index contributed by atoms with van der Waals surface area (Å²) >= 11 is 0. The summed E-state index contributed by atoms with van der Waals surface area (Å²) in [6, 6.07) is 7.45. The lowest BCUT2D eigenvalue weighted by Crippen LogP contribution is -1.80. The molecule has 0 aliphatic rings. The third-order valence-electron chi connectivity index (χ3n) is 1.28. The Labute approximate surface area is 62.4 Å². The molecule has 1 heteroatoms. The lowest BCUT2D eigenvalue weighted by atomic mass is 10.2. The molecule has 1 aromatic carbocycles. The second kappa shape index (κ2) is 3.06. The van der Waals surface area contributed by atoms with Crippen molar-refractivity contribution in [1.29, 1.82) is 0 Å². The van der Waals surface area contributed by atoms with Gasteiger partial charge in [0, 0.05) is 0 Å². The van der Waals surface area contributed by atoms with Crippen LogP contribution >= 0.6 is 0 Å². The SMILES string of the molecule is [3H]COc1ccc(C=C)cc1. The van der Waals surface area contributed by atoms with E-state index in [1.807, 2.05) is 24.3 Å². The Bertz CT molecular complexity index is 228. The highest BCUT2D eigenvalue weighted by Crippen LogP contribution is 2.11. The lowest BCUT2D eigenvalue weighted by Gasteiger charge is -1.97. The predicted octanol–water partition coefficient (Wildman–Crippen LogP) is 2.34. The summed E-state index contributed by atoms with van der Waals surface area (Å²) < 4.78 is 11.7. The minimum Gasteiger partial charge on any atom is -0.497 e. The number of hydrogen-bond donors (Lipinski definition) is 0. The Morgan fingerprint density at radius 2 is 2.20 bits per heavy atom. The summed E-state index contributed by atoms with van der Waals surface area (Å²) in [5, 5.41) is 0. The summed E-state index contributed by atoms with van der Waals surface area (Å²) in [5.41, 5.74) is 1.06. The molecule has 0 spiro atoms. The lowest BCUT2D eigenvalue weighted by molar-refractivity contribution is 0.415. The molecule has 0 amide bonds. The summed E-state index contributed by atoms with van der Waals surface area (Å²) in [6.45, 7) is 3.63. The van der Waals surface area contributed by atoms with Gasteiger partial charge in [0.05, 0.1) is 8.46 Å². The van der Waals surface area contributed by atoms with Gasteiger partial charge in [-0.25, -0.2) is 0 Å². The van der Waals surface area contributed by atoms with Crippen molar-refractivity contribution in [3.63, 3.8) is 0 Å². The van der Waals surface area contributed by atoms with Crippen molar-refractivity contribution < 1.29 is 6.11 Å². The maximum absolute atomic E-state index is 6.80. The Balaban J connectivity index is 2.74. The Morgan fingerprint density at radius 1 is 1.50 bits per heavy atom. The van der Waals surface area contributed by atoms with Crippen LogP contribution in [0.2, 0.25) is 0 Å². The molecule has 0 unspecified atom stereocenters. The third kappa shape index (κ3) is 1.38. The molecule has 0 aliphatic heterocycles. The number of ether oxygens (including phenoxy) is 1. The first-order valence-electron chi connectivity index (χ1n) is 3.72. The minimum atomic E-state index is -0.0343. The topological polar surface area (TPSA) is 9.23 Å². The van der Waals surface area contributed by atoms with Crippen LogP contribution in [-0.2, 0) is 0 Å². The van der Waals surface area contributed by atoms with Gasteiger partial charge >= 0.3 is 0 Å². The Hall–Kier alpha value is -1.24. The summed E-state index contributed by atoms with van der Waals surface area (Å²) in [5.74, 6) is 0.727. The molecule has 52 valence electrons. The van der Waals surface area contributed by atoms with Crippen molar-refractivity contribution in [2.45, 2.75) is 0 Å². The molecule has 10 heavy (non-hydrogen) atoms. The van der Waals surface area contributed by atoms with E-state index in [2.05, 4.69) is 6.58 Å². The molecule has 1 nitrogen and oxygen atoms in total. The highest BCUT2D eigenvalue weighted by atomic mass is 16.5. The first-order chi connectivity index (χ1) is 5.36. The molecule has 0 aromatic heterocycles. The van der Waals surface area contributed by atoms with E-state index in [9.17, 15) is 0 Å². The predicted molar refractivity (Wildman–Crippen MR) is 43.1 cm³/mol. The van der Waals surface area contributed by atoms with Crippen LogP contribution in [0.1, 0.15) is 6.93 Å². The van der Waals surface area contributed by atoms with E-state index in [0.29, 0.717) is 0 Å². The average Bonchev–Trinajstić information content (AvgIpc) is 2.07. The monoisotopic (exact) mass is 136 g/mol. The third-order valence-corrected chi connectivity index (χ3v) is 1.28. The van der Waals surface area contributed by atoms with Crippen LogP contribution in [0.15, 0.2) is 30.8 Å². The van der Waals surface area contributed by atoms with Crippen LogP contribution in [0.5, 0.6) is 5.75 Å². The fourth-order valence-corrected chi connectivity index (χ4v) is 0.700. The summed E-state index contributed by atoms with van der Waals surface area (Å²) in [7, 11) is -0.0343. The van der Waals surface area contributed by atoms with E-state index in [4.69, 9.17) is 6.11 Å². The fraction of sp³-hybridized carbons (Fsp3) is 0.111. The first-order valence-corrected chi connectivity index (χ1v) is 3.01. The van der Waals surface area contributed by atoms with Gasteiger partial charge in [-0.05, 0) is 17.7 Å². The van der Waals surface area contributed by atoms with Gasteiger partial charge in [0.25, 0.3) is 0 Å². The number of hydrogen-bond acceptors (Lipinski definition) is 1. The van der Waals surface area contributed by atoms with Crippen molar-refractivity contribution in [1.82, 2.24) is 0 Å². The highest BCUT2D eigenvalue weighted by Gasteiger charge is 1.87. The van der Waals surface area contributed by atoms with Crippen molar-refractivity contribution >= 4 is 6.08 Å². The van der Waals surface area contributed by atoms with Crippen molar-refractivity contribution in [3.8, 4) is 5.75 Å². The van der Waals surface area contributed by atoms with Gasteiger partial charge in [-0.1, -0.05) is 24.8 Å². The molecular weight excluding hydrogens is 124 g/mol. The maximum Gasteiger partial charge on any atom is 0.118 e. The number of rotatable bonds is 2. The molecule has 0 bridgehead atoms. The normalized spacial score (nSPS) is 10.2. The van der Waals surface area contributed by atoms with E-state index in [0.717, 1.165) is 11.3 Å². The van der Waals surface area contributed by atoms with Gasteiger partial charge in [-0.3, -0.25) is 0 Å². The molecule has 0 aliphatic carbocycles. The van der Waals surface area contributed by atoms with E-state index in [1.54, 1.807) is 6.08 Å². The smallest absolute Gasteiger partial charge is 0.118 e. The summed E-state index contributed by atoms with van der Waals surface area (Å²) in [4.78, 5) is 0. The van der Waals surface area contributed by atoms with Crippen LogP contribution in [-0.4, -0.2) is 7.09 Å². The molecule has 0 fully saturated rings. The second-order valence-corrected chi connectivity index (χ2v) is 1.92. The van der Waals surface area contributed by atoms with E-state index in [-0.39, 0.29) is 7.09 Å². The van der Waals surface area contributed by atoms with Crippen molar-refractivity contribution in [2.24, 2.45) is 0 Å². The van der Waals surface area contributed by atoms with Crippen LogP contribution in [0.25, 0.3) is 6.08 Å². The largest absolute Gasteiger partial charge is 0.497 e. The van der Waals surface area contributed by atoms with Gasteiger partial charge in [0.15, 0.2) is 0 Å². The quantitative estimate of drug-likeness (QED) is 0.606. The van der Waals surface area contributed by atoms with E-state index in [1.165, 1.54) is 0 Å². The van der Waals surface area contributed by atoms with E-state index >= 15 is 0 Å². The second-order valence-electron chi connectivity index (χ2n) is 1.92. The highest BCUT2D eigenvalue weighted by molar-refractivity contribution is 5.48. The maximum atomic E-state index is 6.80. The molecule has 1 aromatic rings. The first kappa shape index (κ1) is 5.54. The molecule has 0 radical (unpaired) electrons. The standard InChI is InChI=1S/C9H10O/c1-3-8-4-6-9(10-2)7-5-8/h3-7H,1H2,2H3/i2T. The van der Waals surface area contributed by atoms with Gasteiger partial charge < -0.3 is 4.74 Å². The average molecular weight is 136 g/mol. The molecule has 0 saturated carbocycles. The molecular formula is C9H10O. The number of methoxy groups -OCH3 is 1. The minimum absolute atomic E-state index is 0.0343.